The summed E-state index contributed by atoms with van der Waals surface area (Å²) in [6.45, 7) is 3.88. The SMILES string of the molecule is CCOC(=O)CCCCn1c(=O)c2nc(CCC3CCN(C(=O)OCc4ccccc4)CC3)n(C)c2n(C)c1=O. The van der Waals surface area contributed by atoms with E-state index in [9.17, 15) is 19.2 Å². The standard InChI is InChI=1S/C29H39N5O6/c1-4-39-24(35)12-8-9-17-34-27(36)25-26(32(3)28(34)37)31(2)23(30-25)14-13-21-15-18-33(19-16-21)29(38)40-20-22-10-6-5-7-11-22/h5-7,10-11,21H,4,8-9,12-20H2,1-3H3. The number of unbranched alkanes of at least 4 members (excludes halogenated alkanes) is 1. The zero-order valence-electron chi connectivity index (χ0n) is 23.6. The van der Waals surface area contributed by atoms with E-state index in [4.69, 9.17) is 9.47 Å². The quantitative estimate of drug-likeness (QED) is 0.264. The Hall–Kier alpha value is -3.89. The molecule has 1 fully saturated rings. The molecule has 3 aromatic rings. The number of ether oxygens (including phenoxy) is 2. The fourth-order valence-electron chi connectivity index (χ4n) is 5.29. The Kier molecular flexibility index (Phi) is 9.79. The van der Waals surface area contributed by atoms with E-state index < -0.39 is 11.2 Å². The van der Waals surface area contributed by atoms with Gasteiger partial charge in [0.1, 0.15) is 18.1 Å². The summed E-state index contributed by atoms with van der Waals surface area (Å²) < 4.78 is 14.9. The smallest absolute Gasteiger partial charge is 0.410 e. The Morgan fingerprint density at radius 2 is 1.73 bits per heavy atom. The molecule has 0 unspecified atom stereocenters. The number of piperidine rings is 1. The van der Waals surface area contributed by atoms with E-state index in [-0.39, 0.29) is 37.2 Å². The van der Waals surface area contributed by atoms with E-state index in [0.717, 1.165) is 30.7 Å². The monoisotopic (exact) mass is 553 g/mol. The maximum atomic E-state index is 13.2. The Morgan fingerprint density at radius 3 is 2.42 bits per heavy atom. The van der Waals surface area contributed by atoms with Crippen LogP contribution in [0.25, 0.3) is 11.2 Å². The number of nitrogens with zero attached hydrogens (tertiary/aromatic N) is 5. The first kappa shape index (κ1) is 29.1. The van der Waals surface area contributed by atoms with Gasteiger partial charge in [0.25, 0.3) is 5.56 Å². The molecule has 0 radical (unpaired) electrons. The van der Waals surface area contributed by atoms with Gasteiger partial charge in [-0.1, -0.05) is 30.3 Å². The second-order valence-electron chi connectivity index (χ2n) is 10.3. The lowest BCUT2D eigenvalue weighted by Crippen LogP contribution is -2.39. The second kappa shape index (κ2) is 13.5. The van der Waals surface area contributed by atoms with Crippen molar-refractivity contribution < 1.29 is 19.1 Å². The van der Waals surface area contributed by atoms with Gasteiger partial charge in [-0.2, -0.15) is 0 Å². The third-order valence-electron chi connectivity index (χ3n) is 7.61. The molecule has 0 aliphatic carbocycles. The van der Waals surface area contributed by atoms with Crippen LogP contribution in [0, 0.1) is 5.92 Å². The van der Waals surface area contributed by atoms with Gasteiger partial charge in [-0.3, -0.25) is 18.7 Å². The summed E-state index contributed by atoms with van der Waals surface area (Å²) in [6, 6.07) is 9.64. The minimum atomic E-state index is -0.404. The molecule has 1 aliphatic rings. The summed E-state index contributed by atoms with van der Waals surface area (Å²) in [6.07, 6.45) is 4.31. The molecular formula is C29H39N5O6. The number of carbonyl (C=O) groups is 2. The number of carbonyl (C=O) groups excluding carboxylic acids is 2. The molecule has 0 N–H and O–H groups in total. The van der Waals surface area contributed by atoms with E-state index in [0.29, 0.717) is 50.5 Å². The number of likely N-dealkylation sites (tertiary alicyclic amines) is 1. The molecule has 4 rings (SSSR count). The number of esters is 1. The van der Waals surface area contributed by atoms with Crippen LogP contribution in [0.3, 0.4) is 0 Å². The highest BCUT2D eigenvalue weighted by molar-refractivity contribution is 5.71. The van der Waals surface area contributed by atoms with Crippen LogP contribution in [0.4, 0.5) is 4.79 Å². The number of aromatic nitrogens is 4. The zero-order chi connectivity index (χ0) is 28.6. The zero-order valence-corrected chi connectivity index (χ0v) is 23.6. The van der Waals surface area contributed by atoms with Crippen molar-refractivity contribution >= 4 is 23.2 Å². The summed E-state index contributed by atoms with van der Waals surface area (Å²) >= 11 is 0. The van der Waals surface area contributed by atoms with Crippen LogP contribution in [0.15, 0.2) is 39.9 Å². The summed E-state index contributed by atoms with van der Waals surface area (Å²) in [5, 5.41) is 0. The van der Waals surface area contributed by atoms with Gasteiger partial charge in [-0.25, -0.2) is 14.6 Å². The van der Waals surface area contributed by atoms with Crippen LogP contribution in [-0.2, 0) is 47.9 Å². The fraction of sp³-hybridized carbons (Fsp3) is 0.552. The average molecular weight is 554 g/mol. The summed E-state index contributed by atoms with van der Waals surface area (Å²) in [5.74, 6) is 0.908. The first-order valence-electron chi connectivity index (χ1n) is 14.1. The van der Waals surface area contributed by atoms with Crippen molar-refractivity contribution in [3.05, 3.63) is 62.6 Å². The van der Waals surface area contributed by atoms with Gasteiger partial charge >= 0.3 is 17.8 Å². The molecule has 0 atom stereocenters. The van der Waals surface area contributed by atoms with Crippen LogP contribution >= 0.6 is 0 Å². The minimum absolute atomic E-state index is 0.221. The van der Waals surface area contributed by atoms with E-state index in [2.05, 4.69) is 4.98 Å². The molecule has 40 heavy (non-hydrogen) atoms. The summed E-state index contributed by atoms with van der Waals surface area (Å²) in [5.41, 5.74) is 0.948. The topological polar surface area (TPSA) is 118 Å². The van der Waals surface area contributed by atoms with Crippen molar-refractivity contribution in [2.24, 2.45) is 20.0 Å². The van der Waals surface area contributed by atoms with Crippen molar-refractivity contribution in [3.63, 3.8) is 0 Å². The maximum absolute atomic E-state index is 13.2. The molecule has 11 heteroatoms. The fourth-order valence-corrected chi connectivity index (χ4v) is 5.29. The van der Waals surface area contributed by atoms with E-state index in [1.54, 1.807) is 18.9 Å². The number of amides is 1. The van der Waals surface area contributed by atoms with Crippen molar-refractivity contribution in [2.45, 2.75) is 65.0 Å². The largest absolute Gasteiger partial charge is 0.466 e. The first-order chi connectivity index (χ1) is 19.3. The van der Waals surface area contributed by atoms with Crippen molar-refractivity contribution in [1.82, 2.24) is 23.6 Å². The summed E-state index contributed by atoms with van der Waals surface area (Å²) in [4.78, 5) is 56.6. The Morgan fingerprint density at radius 1 is 1.00 bits per heavy atom. The van der Waals surface area contributed by atoms with Gasteiger partial charge in [0, 0.05) is 46.6 Å². The Bertz CT molecular complexity index is 1430. The van der Waals surface area contributed by atoms with Gasteiger partial charge in [0.15, 0.2) is 5.52 Å². The van der Waals surface area contributed by atoms with E-state index in [1.807, 2.05) is 41.9 Å². The number of rotatable bonds is 11. The maximum Gasteiger partial charge on any atom is 0.410 e. The van der Waals surface area contributed by atoms with Crippen LogP contribution in [0.1, 0.15) is 56.8 Å². The first-order valence-corrected chi connectivity index (χ1v) is 14.1. The predicted molar refractivity (Wildman–Crippen MR) is 150 cm³/mol. The van der Waals surface area contributed by atoms with Gasteiger partial charge in [-0.05, 0) is 50.5 Å². The number of benzene rings is 1. The van der Waals surface area contributed by atoms with Gasteiger partial charge in [-0.15, -0.1) is 0 Å². The van der Waals surface area contributed by atoms with Gasteiger partial charge in [0.05, 0.1) is 6.61 Å². The normalized spacial score (nSPS) is 14.0. The van der Waals surface area contributed by atoms with Gasteiger partial charge < -0.3 is 18.9 Å². The number of hydrogen-bond acceptors (Lipinski definition) is 7. The van der Waals surface area contributed by atoms with Crippen LogP contribution in [0.2, 0.25) is 0 Å². The van der Waals surface area contributed by atoms with Crippen molar-refractivity contribution in [1.29, 1.82) is 0 Å². The number of hydrogen-bond donors (Lipinski definition) is 0. The van der Waals surface area contributed by atoms with Crippen molar-refractivity contribution in [2.75, 3.05) is 19.7 Å². The molecule has 1 aromatic carbocycles. The molecule has 11 nitrogen and oxygen atoms in total. The molecule has 3 heterocycles. The molecule has 216 valence electrons. The lowest BCUT2D eigenvalue weighted by atomic mass is 9.92. The molecule has 1 saturated heterocycles. The Balaban J connectivity index is 1.33. The molecule has 1 amide bonds. The number of fused-ring (bicyclic) bond motifs is 1. The van der Waals surface area contributed by atoms with Crippen molar-refractivity contribution in [3.8, 4) is 0 Å². The van der Waals surface area contributed by atoms with Crippen LogP contribution in [0.5, 0.6) is 0 Å². The average Bonchev–Trinajstić information content (AvgIpc) is 3.30. The van der Waals surface area contributed by atoms with E-state index in [1.165, 1.54) is 9.13 Å². The Labute approximate surface area is 233 Å². The lowest BCUT2D eigenvalue weighted by molar-refractivity contribution is -0.143. The number of imidazole rings is 1. The molecule has 0 saturated carbocycles. The van der Waals surface area contributed by atoms with Crippen LogP contribution in [-0.4, -0.2) is 55.3 Å². The molecule has 0 bridgehead atoms. The third kappa shape index (κ3) is 6.81. The molecular weight excluding hydrogens is 514 g/mol. The molecule has 2 aromatic heterocycles. The predicted octanol–water partition coefficient (Wildman–Crippen LogP) is 3.15. The van der Waals surface area contributed by atoms with Gasteiger partial charge in [0.2, 0.25) is 0 Å². The van der Waals surface area contributed by atoms with E-state index >= 15 is 0 Å². The lowest BCUT2D eigenvalue weighted by Gasteiger charge is -2.31. The molecule has 1 aliphatic heterocycles. The third-order valence-corrected chi connectivity index (χ3v) is 7.61. The minimum Gasteiger partial charge on any atom is -0.466 e. The van der Waals surface area contributed by atoms with Crippen LogP contribution < -0.4 is 11.2 Å². The second-order valence-corrected chi connectivity index (χ2v) is 10.3. The molecule has 0 spiro atoms. The highest BCUT2D eigenvalue weighted by Gasteiger charge is 2.25. The highest BCUT2D eigenvalue weighted by atomic mass is 16.6. The summed E-state index contributed by atoms with van der Waals surface area (Å²) in [7, 11) is 3.48. The number of aryl methyl sites for hydroxylation is 3. The highest BCUT2D eigenvalue weighted by Crippen LogP contribution is 2.23.